The Morgan fingerprint density at radius 1 is 0.449 bits per heavy atom. The summed E-state index contributed by atoms with van der Waals surface area (Å²) < 4.78 is 0. The van der Waals surface area contributed by atoms with E-state index < -0.39 is 0 Å². The monoisotopic (exact) mass is 628 g/mol. The van der Waals surface area contributed by atoms with E-state index in [0.29, 0.717) is 0 Å². The molecule has 0 unspecified atom stereocenters. The van der Waals surface area contributed by atoms with Crippen molar-refractivity contribution in [1.29, 1.82) is 0 Å². The van der Waals surface area contributed by atoms with Gasteiger partial charge in [0.15, 0.2) is 0 Å². The number of hydrogen-bond acceptors (Lipinski definition) is 0. The molecule has 0 heteroatoms. The molecule has 2 aliphatic rings. The molecule has 236 valence electrons. The van der Waals surface area contributed by atoms with Gasteiger partial charge in [-0.2, -0.15) is 0 Å². The van der Waals surface area contributed by atoms with Crippen molar-refractivity contribution in [2.75, 3.05) is 0 Å². The van der Waals surface area contributed by atoms with Crippen LogP contribution in [0.3, 0.4) is 0 Å². The van der Waals surface area contributed by atoms with Gasteiger partial charge >= 0.3 is 0 Å². The van der Waals surface area contributed by atoms with Gasteiger partial charge < -0.3 is 0 Å². The van der Waals surface area contributed by atoms with Crippen molar-refractivity contribution in [3.63, 3.8) is 0 Å². The fraction of sp³-hybridized carbons (Fsp3) is 0.184. The highest BCUT2D eigenvalue weighted by molar-refractivity contribution is 6.16. The lowest BCUT2D eigenvalue weighted by Crippen LogP contribution is -2.14. The molecule has 0 atom stereocenters. The van der Waals surface area contributed by atoms with Crippen molar-refractivity contribution in [2.24, 2.45) is 0 Å². The van der Waals surface area contributed by atoms with Gasteiger partial charge in [0.05, 0.1) is 0 Å². The van der Waals surface area contributed by atoms with Gasteiger partial charge in [-0.25, -0.2) is 0 Å². The molecule has 8 aromatic rings. The first-order valence-electron chi connectivity index (χ1n) is 17.9. The van der Waals surface area contributed by atoms with Gasteiger partial charge in [0.25, 0.3) is 0 Å². The Morgan fingerprint density at radius 3 is 1.86 bits per heavy atom. The SMILES string of the molecule is CC(C)(C)c1cc2c3c(ccc4c(-c5ccc6c(ccc7cc(-c8ccc9c(c8)C(C)(C)c8ccccc8-9)ccc76)c5)ccc(c43)CC2)c1. The highest BCUT2D eigenvalue weighted by Gasteiger charge is 2.35. The number of rotatable bonds is 2. The van der Waals surface area contributed by atoms with Gasteiger partial charge in [0.1, 0.15) is 0 Å². The summed E-state index contributed by atoms with van der Waals surface area (Å²) in [4.78, 5) is 0. The molecule has 0 fully saturated rings. The predicted octanol–water partition coefficient (Wildman–Crippen LogP) is 13.3. The smallest absolute Gasteiger partial charge is 0.0159 e. The van der Waals surface area contributed by atoms with Gasteiger partial charge in [-0.05, 0) is 141 Å². The van der Waals surface area contributed by atoms with Gasteiger partial charge in [-0.3, -0.25) is 0 Å². The van der Waals surface area contributed by atoms with Crippen molar-refractivity contribution in [1.82, 2.24) is 0 Å². The van der Waals surface area contributed by atoms with E-state index in [1.54, 1.807) is 0 Å². The normalized spacial score (nSPS) is 14.6. The molecule has 10 rings (SSSR count). The molecule has 49 heavy (non-hydrogen) atoms. The summed E-state index contributed by atoms with van der Waals surface area (Å²) in [6.07, 6.45) is 2.23. The lowest BCUT2D eigenvalue weighted by atomic mass is 9.79. The molecule has 0 saturated carbocycles. The average molecular weight is 629 g/mol. The minimum absolute atomic E-state index is 0.000481. The summed E-state index contributed by atoms with van der Waals surface area (Å²) in [6.45, 7) is 11.7. The summed E-state index contributed by atoms with van der Waals surface area (Å²) in [5, 5.41) is 10.9. The zero-order chi connectivity index (χ0) is 33.2. The molecule has 0 nitrogen and oxygen atoms in total. The van der Waals surface area contributed by atoms with Gasteiger partial charge in [-0.15, -0.1) is 0 Å². The molecule has 0 bridgehead atoms. The molecular formula is C49H40. The fourth-order valence-corrected chi connectivity index (χ4v) is 9.13. The molecule has 2 aliphatic carbocycles. The van der Waals surface area contributed by atoms with Crippen molar-refractivity contribution in [2.45, 2.75) is 58.3 Å². The Balaban J connectivity index is 1.06. The molecule has 8 aromatic carbocycles. The zero-order valence-electron chi connectivity index (χ0n) is 29.0. The molecule has 0 amide bonds. The Morgan fingerprint density at radius 2 is 1.06 bits per heavy atom. The standard InChI is InChI=1S/C49H40/c1-48(2,3)37-26-35-13-10-29-14-19-40(43-23-18-36(27-37)46(35)47(29)43)34-17-21-39-33(25-34)12-11-32-24-30(15-20-38(32)39)31-16-22-42-41-8-6-7-9-44(41)49(4,5)45(42)28-31/h6-9,11-12,14-28H,10,13H2,1-5H3. The number of hydrogen-bond donors (Lipinski definition) is 0. The van der Waals surface area contributed by atoms with Crippen LogP contribution in [-0.2, 0) is 23.7 Å². The number of fused-ring (bicyclic) bond motifs is 6. The van der Waals surface area contributed by atoms with Crippen LogP contribution >= 0.6 is 0 Å². The largest absolute Gasteiger partial charge is 0.0619 e. The van der Waals surface area contributed by atoms with Crippen LogP contribution in [0.4, 0.5) is 0 Å². The lowest BCUT2D eigenvalue weighted by Gasteiger charge is -2.25. The summed E-state index contributed by atoms with van der Waals surface area (Å²) >= 11 is 0. The summed E-state index contributed by atoms with van der Waals surface area (Å²) in [5.74, 6) is 0. The van der Waals surface area contributed by atoms with Gasteiger partial charge in [0.2, 0.25) is 0 Å². The van der Waals surface area contributed by atoms with Crippen molar-refractivity contribution < 1.29 is 0 Å². The molecule has 0 spiro atoms. The quantitative estimate of drug-likeness (QED) is 0.167. The predicted molar refractivity (Wildman–Crippen MR) is 211 cm³/mol. The van der Waals surface area contributed by atoms with Crippen LogP contribution in [-0.4, -0.2) is 0 Å². The molecule has 0 aromatic heterocycles. The lowest BCUT2D eigenvalue weighted by molar-refractivity contribution is 0.590. The van der Waals surface area contributed by atoms with E-state index in [9.17, 15) is 0 Å². The van der Waals surface area contributed by atoms with Crippen LogP contribution in [0.25, 0.3) is 76.5 Å². The van der Waals surface area contributed by atoms with Gasteiger partial charge in [-0.1, -0.05) is 144 Å². The average Bonchev–Trinajstić information content (AvgIpc) is 3.35. The summed E-state index contributed by atoms with van der Waals surface area (Å²) in [7, 11) is 0. The summed E-state index contributed by atoms with van der Waals surface area (Å²) in [5.41, 5.74) is 15.3. The van der Waals surface area contributed by atoms with E-state index in [1.807, 2.05) is 0 Å². The fourth-order valence-electron chi connectivity index (χ4n) is 9.13. The third kappa shape index (κ3) is 4.16. The second kappa shape index (κ2) is 9.93. The van der Waals surface area contributed by atoms with E-state index in [-0.39, 0.29) is 10.8 Å². The maximum atomic E-state index is 2.48. The molecule has 0 saturated heterocycles. The maximum absolute atomic E-state index is 2.48. The van der Waals surface area contributed by atoms with Crippen LogP contribution in [0.15, 0.2) is 127 Å². The first kappa shape index (κ1) is 28.8. The van der Waals surface area contributed by atoms with E-state index in [2.05, 4.69) is 162 Å². The number of aryl methyl sites for hydroxylation is 2. The van der Waals surface area contributed by atoms with E-state index in [0.717, 1.165) is 12.8 Å². The topological polar surface area (TPSA) is 0 Å². The number of benzene rings is 8. The first-order valence-corrected chi connectivity index (χ1v) is 17.9. The third-order valence-corrected chi connectivity index (χ3v) is 11.9. The molecule has 0 heterocycles. The zero-order valence-corrected chi connectivity index (χ0v) is 29.0. The maximum Gasteiger partial charge on any atom is 0.0159 e. The van der Waals surface area contributed by atoms with Crippen molar-refractivity contribution in [3.8, 4) is 33.4 Å². The minimum Gasteiger partial charge on any atom is -0.0619 e. The molecule has 0 aliphatic heterocycles. The van der Waals surface area contributed by atoms with Crippen molar-refractivity contribution >= 4 is 43.1 Å². The van der Waals surface area contributed by atoms with Crippen LogP contribution in [0, 0.1) is 0 Å². The van der Waals surface area contributed by atoms with E-state index in [4.69, 9.17) is 0 Å². The molecule has 0 N–H and O–H groups in total. The minimum atomic E-state index is 0.000481. The van der Waals surface area contributed by atoms with Crippen LogP contribution in [0.1, 0.15) is 62.4 Å². The van der Waals surface area contributed by atoms with Crippen LogP contribution in [0.2, 0.25) is 0 Å². The Kier molecular flexibility index (Phi) is 5.83. The van der Waals surface area contributed by atoms with Gasteiger partial charge in [0, 0.05) is 5.41 Å². The second-order valence-corrected chi connectivity index (χ2v) is 16.1. The molecule has 0 radical (unpaired) electrons. The van der Waals surface area contributed by atoms with Crippen LogP contribution in [0.5, 0.6) is 0 Å². The Bertz CT molecular complexity index is 2710. The first-order chi connectivity index (χ1) is 23.6. The Hall–Kier alpha value is -5.20. The highest BCUT2D eigenvalue weighted by Crippen LogP contribution is 2.50. The highest BCUT2D eigenvalue weighted by atomic mass is 14.4. The van der Waals surface area contributed by atoms with E-state index >= 15 is 0 Å². The molecular weight excluding hydrogens is 589 g/mol. The van der Waals surface area contributed by atoms with Crippen molar-refractivity contribution in [3.05, 3.63) is 155 Å². The third-order valence-electron chi connectivity index (χ3n) is 11.9. The Labute approximate surface area is 289 Å². The summed E-state index contributed by atoms with van der Waals surface area (Å²) in [6, 6.07) is 49.1. The van der Waals surface area contributed by atoms with E-state index in [1.165, 1.54) is 104 Å². The second-order valence-electron chi connectivity index (χ2n) is 16.1. The van der Waals surface area contributed by atoms with Crippen LogP contribution < -0.4 is 0 Å².